The SMILES string of the molecule is Cc1ccc(-c2c(C)cn(Cc3ccc(Br)cc3)c2C(=O)N2CCN(CCCc3ccccc3)CC2)cc1. The van der Waals surface area contributed by atoms with E-state index in [4.69, 9.17) is 0 Å². The van der Waals surface area contributed by atoms with Crippen LogP contribution in [0, 0.1) is 13.8 Å². The van der Waals surface area contributed by atoms with Gasteiger partial charge in [0, 0.05) is 49.0 Å². The summed E-state index contributed by atoms with van der Waals surface area (Å²) in [7, 11) is 0. The van der Waals surface area contributed by atoms with Crippen LogP contribution in [0.2, 0.25) is 0 Å². The molecule has 4 nitrogen and oxygen atoms in total. The second-order valence-electron chi connectivity index (χ2n) is 10.4. The summed E-state index contributed by atoms with van der Waals surface area (Å²) >= 11 is 3.53. The number of rotatable bonds is 8. The van der Waals surface area contributed by atoms with E-state index in [1.807, 2.05) is 0 Å². The van der Waals surface area contributed by atoms with E-state index in [1.54, 1.807) is 0 Å². The van der Waals surface area contributed by atoms with Gasteiger partial charge in [-0.1, -0.05) is 88.2 Å². The van der Waals surface area contributed by atoms with Crippen LogP contribution in [0.25, 0.3) is 11.1 Å². The predicted molar refractivity (Wildman–Crippen MR) is 160 cm³/mol. The highest BCUT2D eigenvalue weighted by Crippen LogP contribution is 2.31. The van der Waals surface area contributed by atoms with Crippen LogP contribution in [0.15, 0.2) is 89.5 Å². The minimum Gasteiger partial charge on any atom is -0.338 e. The number of carbonyl (C=O) groups is 1. The van der Waals surface area contributed by atoms with E-state index in [0.29, 0.717) is 6.54 Å². The van der Waals surface area contributed by atoms with E-state index in [2.05, 4.69) is 129 Å². The molecular formula is C33H36BrN3O. The van der Waals surface area contributed by atoms with Crippen molar-refractivity contribution in [1.82, 2.24) is 14.4 Å². The van der Waals surface area contributed by atoms with Crippen molar-refractivity contribution in [3.8, 4) is 11.1 Å². The maximum Gasteiger partial charge on any atom is 0.271 e. The van der Waals surface area contributed by atoms with Crippen LogP contribution < -0.4 is 0 Å². The topological polar surface area (TPSA) is 28.5 Å². The number of amides is 1. The van der Waals surface area contributed by atoms with Gasteiger partial charge in [0.25, 0.3) is 5.91 Å². The molecule has 1 aromatic heterocycles. The Morgan fingerprint density at radius 3 is 2.18 bits per heavy atom. The standard InChI is InChI=1S/C33H36BrN3O/c1-25-10-14-29(15-11-25)31-26(2)23-37(24-28-12-16-30(34)17-13-28)32(31)33(38)36-21-19-35(20-22-36)18-6-9-27-7-4-3-5-8-27/h3-5,7-8,10-17,23H,6,9,18-22,24H2,1-2H3. The Morgan fingerprint density at radius 1 is 0.816 bits per heavy atom. The normalized spacial score (nSPS) is 14.1. The lowest BCUT2D eigenvalue weighted by Crippen LogP contribution is -2.49. The molecule has 0 spiro atoms. The highest BCUT2D eigenvalue weighted by atomic mass is 79.9. The Balaban J connectivity index is 1.33. The summed E-state index contributed by atoms with van der Waals surface area (Å²) in [6, 6.07) is 27.6. The number of halogens is 1. The van der Waals surface area contributed by atoms with Gasteiger partial charge in [-0.25, -0.2) is 0 Å². The van der Waals surface area contributed by atoms with Gasteiger partial charge in [-0.3, -0.25) is 9.69 Å². The largest absolute Gasteiger partial charge is 0.338 e. The summed E-state index contributed by atoms with van der Waals surface area (Å²) in [5, 5.41) is 0. The lowest BCUT2D eigenvalue weighted by atomic mass is 10.00. The lowest BCUT2D eigenvalue weighted by molar-refractivity contribution is 0.0627. The maximum absolute atomic E-state index is 14.1. The van der Waals surface area contributed by atoms with E-state index in [9.17, 15) is 4.79 Å². The Kier molecular flexibility index (Phi) is 8.45. The zero-order valence-corrected chi connectivity index (χ0v) is 24.0. The van der Waals surface area contributed by atoms with Crippen LogP contribution >= 0.6 is 15.9 Å². The molecule has 38 heavy (non-hydrogen) atoms. The number of aromatic nitrogens is 1. The van der Waals surface area contributed by atoms with Gasteiger partial charge in [0.1, 0.15) is 5.69 Å². The van der Waals surface area contributed by atoms with Crippen LogP contribution in [0.4, 0.5) is 0 Å². The number of benzene rings is 3. The molecule has 1 aliphatic rings. The Bertz CT molecular complexity index is 1350. The van der Waals surface area contributed by atoms with Gasteiger partial charge < -0.3 is 9.47 Å². The van der Waals surface area contributed by atoms with Crippen molar-refractivity contribution in [3.05, 3.63) is 117 Å². The number of piperazine rings is 1. The fourth-order valence-electron chi connectivity index (χ4n) is 5.39. The molecule has 0 saturated carbocycles. The van der Waals surface area contributed by atoms with E-state index in [-0.39, 0.29) is 5.91 Å². The summed E-state index contributed by atoms with van der Waals surface area (Å²) in [4.78, 5) is 18.7. The van der Waals surface area contributed by atoms with Gasteiger partial charge >= 0.3 is 0 Å². The zero-order chi connectivity index (χ0) is 26.5. The summed E-state index contributed by atoms with van der Waals surface area (Å²) in [6.45, 7) is 9.33. The van der Waals surface area contributed by atoms with Crippen LogP contribution in [0.3, 0.4) is 0 Å². The van der Waals surface area contributed by atoms with Gasteiger partial charge in [-0.05, 0) is 67.6 Å². The third-order valence-corrected chi connectivity index (χ3v) is 8.05. The van der Waals surface area contributed by atoms with E-state index < -0.39 is 0 Å². The first kappa shape index (κ1) is 26.5. The summed E-state index contributed by atoms with van der Waals surface area (Å²) in [5.74, 6) is 0.134. The fraction of sp³-hybridized carbons (Fsp3) is 0.303. The highest BCUT2D eigenvalue weighted by molar-refractivity contribution is 9.10. The van der Waals surface area contributed by atoms with Crippen molar-refractivity contribution in [2.24, 2.45) is 0 Å². The molecule has 1 aliphatic heterocycles. The third-order valence-electron chi connectivity index (χ3n) is 7.52. The molecule has 3 aromatic carbocycles. The predicted octanol–water partition coefficient (Wildman–Crippen LogP) is 6.97. The molecule has 1 amide bonds. The summed E-state index contributed by atoms with van der Waals surface area (Å²) < 4.78 is 3.21. The monoisotopic (exact) mass is 569 g/mol. The van der Waals surface area contributed by atoms with E-state index in [0.717, 1.165) is 72.4 Å². The molecule has 1 fully saturated rings. The van der Waals surface area contributed by atoms with Crippen LogP contribution in [0.1, 0.15) is 39.2 Å². The Morgan fingerprint density at radius 2 is 1.50 bits per heavy atom. The first-order valence-electron chi connectivity index (χ1n) is 13.5. The van der Waals surface area contributed by atoms with Crippen molar-refractivity contribution < 1.29 is 4.79 Å². The molecule has 0 aliphatic carbocycles. The van der Waals surface area contributed by atoms with Gasteiger partial charge in [0.15, 0.2) is 0 Å². The van der Waals surface area contributed by atoms with Gasteiger partial charge in [0.2, 0.25) is 0 Å². The molecule has 2 heterocycles. The maximum atomic E-state index is 14.1. The Labute approximate surface area is 235 Å². The molecule has 1 saturated heterocycles. The minimum atomic E-state index is 0.134. The Hall–Kier alpha value is -3.15. The third kappa shape index (κ3) is 6.28. The molecule has 0 radical (unpaired) electrons. The number of aryl methyl sites for hydroxylation is 3. The second kappa shape index (κ2) is 12.1. The van der Waals surface area contributed by atoms with Crippen molar-refractivity contribution in [1.29, 1.82) is 0 Å². The lowest BCUT2D eigenvalue weighted by Gasteiger charge is -2.35. The number of carbonyl (C=O) groups excluding carboxylic acids is 1. The smallest absolute Gasteiger partial charge is 0.271 e. The molecule has 0 unspecified atom stereocenters. The number of hydrogen-bond donors (Lipinski definition) is 0. The van der Waals surface area contributed by atoms with Crippen molar-refractivity contribution in [2.45, 2.75) is 33.2 Å². The average Bonchev–Trinajstić information content (AvgIpc) is 3.26. The molecule has 5 heteroatoms. The molecule has 196 valence electrons. The zero-order valence-electron chi connectivity index (χ0n) is 22.4. The first-order valence-corrected chi connectivity index (χ1v) is 14.3. The second-order valence-corrected chi connectivity index (χ2v) is 11.3. The first-order chi connectivity index (χ1) is 18.5. The van der Waals surface area contributed by atoms with Crippen LogP contribution in [-0.4, -0.2) is 53.0 Å². The molecule has 4 aromatic rings. The van der Waals surface area contributed by atoms with Gasteiger partial charge in [0.05, 0.1) is 0 Å². The minimum absolute atomic E-state index is 0.134. The molecule has 0 bridgehead atoms. The van der Waals surface area contributed by atoms with Crippen molar-refractivity contribution >= 4 is 21.8 Å². The van der Waals surface area contributed by atoms with Crippen LogP contribution in [0.5, 0.6) is 0 Å². The molecular weight excluding hydrogens is 534 g/mol. The van der Waals surface area contributed by atoms with E-state index in [1.165, 1.54) is 16.7 Å². The molecule has 0 atom stereocenters. The number of nitrogens with zero attached hydrogens (tertiary/aromatic N) is 3. The molecule has 5 rings (SSSR count). The van der Waals surface area contributed by atoms with E-state index >= 15 is 0 Å². The van der Waals surface area contributed by atoms with Gasteiger partial charge in [-0.2, -0.15) is 0 Å². The average molecular weight is 571 g/mol. The van der Waals surface area contributed by atoms with Gasteiger partial charge in [-0.15, -0.1) is 0 Å². The fourth-order valence-corrected chi connectivity index (χ4v) is 5.66. The van der Waals surface area contributed by atoms with Crippen molar-refractivity contribution in [3.63, 3.8) is 0 Å². The number of hydrogen-bond acceptors (Lipinski definition) is 2. The quantitative estimate of drug-likeness (QED) is 0.229. The van der Waals surface area contributed by atoms with Crippen molar-refractivity contribution in [2.75, 3.05) is 32.7 Å². The summed E-state index contributed by atoms with van der Waals surface area (Å²) in [6.07, 6.45) is 4.39. The summed E-state index contributed by atoms with van der Waals surface area (Å²) in [5.41, 5.74) is 7.88. The highest BCUT2D eigenvalue weighted by Gasteiger charge is 2.28. The van der Waals surface area contributed by atoms with Crippen LogP contribution in [-0.2, 0) is 13.0 Å². The molecule has 0 N–H and O–H groups in total.